The van der Waals surface area contributed by atoms with E-state index in [9.17, 15) is 19.5 Å². The molecule has 0 heterocycles. The number of carbonyl (C=O) groups is 3. The lowest BCUT2D eigenvalue weighted by molar-refractivity contribution is -0.117. The van der Waals surface area contributed by atoms with E-state index in [2.05, 4.69) is 39.3 Å². The second-order valence-corrected chi connectivity index (χ2v) is 12.6. The highest BCUT2D eigenvalue weighted by atomic mass is 35.5. The smallest absolute Gasteiger partial charge is 0.410 e. The van der Waals surface area contributed by atoms with E-state index >= 15 is 0 Å². The molecular formula is C35H45Cl2N5O6. The van der Waals surface area contributed by atoms with Gasteiger partial charge in [-0.2, -0.15) is 4.99 Å². The highest BCUT2D eigenvalue weighted by molar-refractivity contribution is 6.40. The van der Waals surface area contributed by atoms with E-state index in [4.69, 9.17) is 32.8 Å². The minimum Gasteiger partial charge on any atom is -0.490 e. The van der Waals surface area contributed by atoms with E-state index in [0.717, 1.165) is 19.3 Å². The Labute approximate surface area is 292 Å². The number of rotatable bonds is 18. The summed E-state index contributed by atoms with van der Waals surface area (Å²) in [5.41, 5.74) is 0.899. The summed E-state index contributed by atoms with van der Waals surface area (Å²) in [5.74, 6) is -1.31. The van der Waals surface area contributed by atoms with Gasteiger partial charge in [-0.3, -0.25) is 14.9 Å². The zero-order chi connectivity index (χ0) is 35.7. The van der Waals surface area contributed by atoms with Crippen LogP contribution in [-0.2, 0) is 14.4 Å². The van der Waals surface area contributed by atoms with Gasteiger partial charge in [-0.05, 0) is 80.1 Å². The molecule has 0 aliphatic heterocycles. The number of aliphatic imine (C=N–C) groups is 1. The van der Waals surface area contributed by atoms with Crippen LogP contribution in [0.1, 0.15) is 70.4 Å². The number of unbranched alkanes of at least 4 members (excludes halogenated alkanes) is 2. The Kier molecular flexibility index (Phi) is 16.9. The number of nitrogens with zero attached hydrogens (tertiary/aromatic N) is 2. The molecule has 0 saturated carbocycles. The van der Waals surface area contributed by atoms with Crippen molar-refractivity contribution in [1.29, 1.82) is 0 Å². The number of nitrogens with one attached hydrogen (secondary N) is 3. The summed E-state index contributed by atoms with van der Waals surface area (Å²) < 4.78 is 5.53. The van der Waals surface area contributed by atoms with Gasteiger partial charge >= 0.3 is 6.09 Å². The molecule has 1 atom stereocenters. The molecular weight excluding hydrogens is 657 g/mol. The Morgan fingerprint density at radius 3 is 2.27 bits per heavy atom. The summed E-state index contributed by atoms with van der Waals surface area (Å²) in [6, 6.07) is 10.1. The number of allylic oxidation sites excluding steroid dienone is 1. The van der Waals surface area contributed by atoms with Gasteiger partial charge < -0.3 is 25.3 Å². The Morgan fingerprint density at radius 2 is 1.71 bits per heavy atom. The second-order valence-electron chi connectivity index (χ2n) is 11.7. The lowest BCUT2D eigenvalue weighted by Crippen LogP contribution is -2.40. The second kappa shape index (κ2) is 20.2. The van der Waals surface area contributed by atoms with Crippen molar-refractivity contribution < 1.29 is 29.1 Å². The molecule has 260 valence electrons. The highest BCUT2D eigenvalue weighted by Crippen LogP contribution is 2.41. The van der Waals surface area contributed by atoms with Crippen LogP contribution in [0.2, 0.25) is 10.0 Å². The lowest BCUT2D eigenvalue weighted by atomic mass is 9.75. The standard InChI is InChI=1S/C35H45Cl2N5O6/c1-7-10-11-12-17-38-22-30(44)39-32-26(36)19-24(20-27(32)37)31(35(4,5)6)33(41-34(45)46)40-29(43)21-28(42-48-9-3)23-13-15-25(16-14-23)47-18-8-2/h7-8,13-16,19-20,31,38H,1-2,9-12,17-18,21-22H2,3-6H3,(H,39,44)(H,45,46)(H,40,41,43). The third-order valence-corrected chi connectivity index (χ3v) is 7.35. The fourth-order valence-corrected chi connectivity index (χ4v) is 5.29. The maximum absolute atomic E-state index is 13.4. The van der Waals surface area contributed by atoms with Crippen LogP contribution in [0.25, 0.3) is 0 Å². The fourth-order valence-electron chi connectivity index (χ4n) is 4.69. The molecule has 0 bridgehead atoms. The van der Waals surface area contributed by atoms with Crippen molar-refractivity contribution in [2.45, 2.75) is 59.3 Å². The topological polar surface area (TPSA) is 151 Å². The number of amides is 3. The number of oxime groups is 1. The molecule has 0 aliphatic rings. The number of hydrogen-bond donors (Lipinski definition) is 4. The van der Waals surface area contributed by atoms with Crippen molar-refractivity contribution in [3.63, 3.8) is 0 Å². The maximum Gasteiger partial charge on any atom is 0.410 e. The van der Waals surface area contributed by atoms with E-state index in [-0.39, 0.29) is 47.0 Å². The summed E-state index contributed by atoms with van der Waals surface area (Å²) >= 11 is 13.2. The van der Waals surface area contributed by atoms with E-state index in [1.807, 2.05) is 26.8 Å². The van der Waals surface area contributed by atoms with Gasteiger partial charge in [-0.25, -0.2) is 4.79 Å². The molecule has 2 aromatic carbocycles. The van der Waals surface area contributed by atoms with Crippen LogP contribution < -0.4 is 20.7 Å². The number of benzene rings is 2. The van der Waals surface area contributed by atoms with E-state index in [1.54, 1.807) is 49.4 Å². The predicted molar refractivity (Wildman–Crippen MR) is 193 cm³/mol. The molecule has 0 aliphatic carbocycles. The molecule has 48 heavy (non-hydrogen) atoms. The molecule has 4 N–H and O–H groups in total. The van der Waals surface area contributed by atoms with Crippen LogP contribution in [0.3, 0.4) is 0 Å². The molecule has 1 unspecified atom stereocenters. The Bertz CT molecular complexity index is 1460. The molecule has 2 rings (SSSR count). The van der Waals surface area contributed by atoms with Gasteiger partial charge in [0.1, 0.15) is 24.8 Å². The molecule has 0 aromatic heterocycles. The molecule has 3 amide bonds. The van der Waals surface area contributed by atoms with Crippen LogP contribution >= 0.6 is 23.2 Å². The van der Waals surface area contributed by atoms with Gasteiger partial charge in [-0.15, -0.1) is 6.58 Å². The minimum atomic E-state index is -1.41. The first-order valence-corrected chi connectivity index (χ1v) is 16.3. The van der Waals surface area contributed by atoms with Crippen molar-refractivity contribution in [2.75, 3.05) is 31.6 Å². The van der Waals surface area contributed by atoms with Crippen LogP contribution in [0.15, 0.2) is 71.9 Å². The number of carboxylic acid groups (broad SMARTS) is 1. The largest absolute Gasteiger partial charge is 0.490 e. The van der Waals surface area contributed by atoms with E-state index < -0.39 is 23.3 Å². The zero-order valence-electron chi connectivity index (χ0n) is 27.9. The molecule has 0 saturated heterocycles. The average Bonchev–Trinajstić information content (AvgIpc) is 3.01. The van der Waals surface area contributed by atoms with Gasteiger partial charge in [0.2, 0.25) is 5.91 Å². The lowest BCUT2D eigenvalue weighted by Gasteiger charge is -2.32. The molecule has 0 spiro atoms. The maximum atomic E-state index is 13.4. The first-order chi connectivity index (χ1) is 22.8. The summed E-state index contributed by atoms with van der Waals surface area (Å²) in [7, 11) is 0. The molecule has 0 radical (unpaired) electrons. The van der Waals surface area contributed by atoms with E-state index in [1.165, 1.54) is 0 Å². The number of halogens is 2. The van der Waals surface area contributed by atoms with E-state index in [0.29, 0.717) is 35.7 Å². The number of carbonyl (C=O) groups excluding carboxylic acids is 2. The van der Waals surface area contributed by atoms with Crippen molar-refractivity contribution in [1.82, 2.24) is 10.6 Å². The Morgan fingerprint density at radius 1 is 1.04 bits per heavy atom. The first kappa shape index (κ1) is 40.0. The zero-order valence-corrected chi connectivity index (χ0v) is 29.4. The summed E-state index contributed by atoms with van der Waals surface area (Å²) in [6.07, 6.45) is 4.57. The minimum absolute atomic E-state index is 0.0659. The number of hydrogen-bond acceptors (Lipinski definition) is 7. The SMILES string of the molecule is C=CCCCCNCC(=O)Nc1c(Cl)cc(C(C(=NC(=O)CC(=NOCC)c2ccc(OCC=C)cc2)NC(=O)O)C(C)(C)C)cc1Cl. The fraction of sp³-hybridized carbons (Fsp3) is 0.400. The van der Waals surface area contributed by atoms with Crippen LogP contribution in [-0.4, -0.2) is 60.9 Å². The van der Waals surface area contributed by atoms with Crippen LogP contribution in [0.4, 0.5) is 10.5 Å². The van der Waals surface area contributed by atoms with Gasteiger partial charge in [-0.1, -0.05) is 67.9 Å². The quantitative estimate of drug-likeness (QED) is 0.0411. The average molecular weight is 703 g/mol. The third kappa shape index (κ3) is 13.5. The molecule has 11 nitrogen and oxygen atoms in total. The van der Waals surface area contributed by atoms with Crippen molar-refractivity contribution >= 4 is 58.3 Å². The molecule has 0 fully saturated rings. The van der Waals surface area contributed by atoms with Crippen LogP contribution in [0.5, 0.6) is 5.75 Å². The summed E-state index contributed by atoms with van der Waals surface area (Å²) in [6.45, 7) is 16.0. The highest BCUT2D eigenvalue weighted by Gasteiger charge is 2.34. The first-order valence-electron chi connectivity index (χ1n) is 15.5. The van der Waals surface area contributed by atoms with Crippen molar-refractivity contribution in [2.24, 2.45) is 15.6 Å². The van der Waals surface area contributed by atoms with Gasteiger partial charge in [0, 0.05) is 11.5 Å². The predicted octanol–water partition coefficient (Wildman–Crippen LogP) is 7.60. The Hall–Kier alpha value is -4.19. The number of amidine groups is 1. The third-order valence-electron chi connectivity index (χ3n) is 6.76. The van der Waals surface area contributed by atoms with Crippen LogP contribution in [0, 0.1) is 5.41 Å². The monoisotopic (exact) mass is 701 g/mol. The van der Waals surface area contributed by atoms with Gasteiger partial charge in [0.05, 0.1) is 34.4 Å². The normalized spacial score (nSPS) is 12.5. The van der Waals surface area contributed by atoms with Gasteiger partial charge in [0.25, 0.3) is 5.91 Å². The van der Waals surface area contributed by atoms with Crippen molar-refractivity contribution in [3.8, 4) is 5.75 Å². The van der Waals surface area contributed by atoms with Crippen molar-refractivity contribution in [3.05, 3.63) is 82.9 Å². The number of anilines is 1. The molecule has 13 heteroatoms. The summed E-state index contributed by atoms with van der Waals surface area (Å²) in [4.78, 5) is 47.4. The Balaban J connectivity index is 2.39. The summed E-state index contributed by atoms with van der Waals surface area (Å²) in [5, 5.41) is 22.2. The molecule has 2 aromatic rings. The number of ether oxygens (including phenoxy) is 1. The van der Waals surface area contributed by atoms with Gasteiger partial charge in [0.15, 0.2) is 0 Å².